The fourth-order valence-corrected chi connectivity index (χ4v) is 2.64. The summed E-state index contributed by atoms with van der Waals surface area (Å²) in [7, 11) is 0. The number of carbonyl (C=O) groups excluding carboxylic acids is 1. The summed E-state index contributed by atoms with van der Waals surface area (Å²) in [6, 6.07) is 12.4. The Balaban J connectivity index is 1.76. The van der Waals surface area contributed by atoms with Gasteiger partial charge >= 0.3 is 0 Å². The number of nitrogens with zero attached hydrogens (tertiary/aromatic N) is 3. The second-order valence-electron chi connectivity index (χ2n) is 5.64. The molecule has 4 nitrogen and oxygen atoms in total. The van der Waals surface area contributed by atoms with E-state index < -0.39 is 0 Å². The first-order chi connectivity index (χ1) is 10.1. The van der Waals surface area contributed by atoms with E-state index >= 15 is 0 Å². The SMILES string of the molecule is CC(=O)N1CC(c2nc(C)cc(Cc3ccccc3)n2)C1. The third-order valence-corrected chi connectivity index (χ3v) is 3.84. The zero-order valence-electron chi connectivity index (χ0n) is 12.4. The minimum atomic E-state index is 0.128. The molecule has 0 saturated carbocycles. The van der Waals surface area contributed by atoms with Crippen LogP contribution in [0.3, 0.4) is 0 Å². The minimum absolute atomic E-state index is 0.128. The van der Waals surface area contributed by atoms with Crippen LogP contribution in [0.2, 0.25) is 0 Å². The molecule has 108 valence electrons. The molecule has 1 amide bonds. The average Bonchev–Trinajstić information content (AvgIpc) is 2.37. The number of rotatable bonds is 3. The minimum Gasteiger partial charge on any atom is -0.341 e. The maximum absolute atomic E-state index is 11.3. The van der Waals surface area contributed by atoms with E-state index in [0.717, 1.165) is 36.7 Å². The molecule has 1 aromatic heterocycles. The first-order valence-electron chi connectivity index (χ1n) is 7.25. The monoisotopic (exact) mass is 281 g/mol. The number of benzene rings is 1. The molecule has 0 radical (unpaired) electrons. The lowest BCUT2D eigenvalue weighted by molar-refractivity contribution is -0.133. The van der Waals surface area contributed by atoms with Crippen molar-refractivity contribution < 1.29 is 4.79 Å². The number of hydrogen-bond acceptors (Lipinski definition) is 3. The summed E-state index contributed by atoms with van der Waals surface area (Å²) in [4.78, 5) is 22.3. The van der Waals surface area contributed by atoms with Gasteiger partial charge < -0.3 is 4.90 Å². The topological polar surface area (TPSA) is 46.1 Å². The van der Waals surface area contributed by atoms with Crippen molar-refractivity contribution in [1.82, 2.24) is 14.9 Å². The highest BCUT2D eigenvalue weighted by molar-refractivity contribution is 5.74. The summed E-state index contributed by atoms with van der Waals surface area (Å²) in [5, 5.41) is 0. The number of hydrogen-bond donors (Lipinski definition) is 0. The molecule has 1 aliphatic rings. The van der Waals surface area contributed by atoms with Gasteiger partial charge in [-0.3, -0.25) is 4.79 Å². The van der Waals surface area contributed by atoms with Gasteiger partial charge in [-0.25, -0.2) is 9.97 Å². The molecule has 1 fully saturated rings. The first-order valence-corrected chi connectivity index (χ1v) is 7.25. The standard InChI is InChI=1S/C17H19N3O/c1-12-8-16(9-14-6-4-3-5-7-14)19-17(18-12)15-10-20(11-15)13(2)21/h3-8,15H,9-11H2,1-2H3. The molecule has 3 rings (SSSR count). The average molecular weight is 281 g/mol. The van der Waals surface area contributed by atoms with Crippen LogP contribution in [0.15, 0.2) is 36.4 Å². The van der Waals surface area contributed by atoms with E-state index in [0.29, 0.717) is 0 Å². The molecule has 0 spiro atoms. The van der Waals surface area contributed by atoms with E-state index in [-0.39, 0.29) is 11.8 Å². The molecular formula is C17H19N3O. The predicted octanol–water partition coefficient (Wildman–Crippen LogP) is 2.32. The van der Waals surface area contributed by atoms with Gasteiger partial charge in [-0.05, 0) is 18.6 Å². The van der Waals surface area contributed by atoms with E-state index in [1.807, 2.05) is 36.1 Å². The molecule has 4 heteroatoms. The van der Waals surface area contributed by atoms with Gasteiger partial charge in [0.15, 0.2) is 0 Å². The van der Waals surface area contributed by atoms with E-state index in [1.165, 1.54) is 5.56 Å². The van der Waals surface area contributed by atoms with E-state index in [9.17, 15) is 4.79 Å². The van der Waals surface area contributed by atoms with E-state index in [4.69, 9.17) is 4.98 Å². The molecule has 1 aromatic carbocycles. The van der Waals surface area contributed by atoms with Crippen LogP contribution in [0.5, 0.6) is 0 Å². The van der Waals surface area contributed by atoms with Crippen LogP contribution in [-0.2, 0) is 11.2 Å². The Morgan fingerprint density at radius 3 is 2.62 bits per heavy atom. The molecular weight excluding hydrogens is 262 g/mol. The number of aromatic nitrogens is 2. The summed E-state index contributed by atoms with van der Waals surface area (Å²) < 4.78 is 0. The highest BCUT2D eigenvalue weighted by Crippen LogP contribution is 2.25. The molecule has 21 heavy (non-hydrogen) atoms. The Labute approximate surface area is 124 Å². The van der Waals surface area contributed by atoms with Crippen molar-refractivity contribution in [3.8, 4) is 0 Å². The van der Waals surface area contributed by atoms with Gasteiger partial charge in [0.05, 0.1) is 5.92 Å². The Hall–Kier alpha value is -2.23. The molecule has 2 heterocycles. The molecule has 0 atom stereocenters. The summed E-state index contributed by atoms with van der Waals surface area (Å²) >= 11 is 0. The fraction of sp³-hybridized carbons (Fsp3) is 0.353. The van der Waals surface area contributed by atoms with Crippen LogP contribution in [-0.4, -0.2) is 33.9 Å². The van der Waals surface area contributed by atoms with Crippen molar-refractivity contribution in [3.05, 3.63) is 59.2 Å². The van der Waals surface area contributed by atoms with Crippen molar-refractivity contribution in [1.29, 1.82) is 0 Å². The number of carbonyl (C=O) groups is 1. The van der Waals surface area contributed by atoms with E-state index in [1.54, 1.807) is 6.92 Å². The molecule has 0 bridgehead atoms. The molecule has 0 N–H and O–H groups in total. The number of amides is 1. The molecule has 2 aromatic rings. The zero-order chi connectivity index (χ0) is 14.8. The van der Waals surface area contributed by atoms with Crippen molar-refractivity contribution >= 4 is 5.91 Å². The zero-order valence-corrected chi connectivity index (χ0v) is 12.4. The summed E-state index contributed by atoms with van der Waals surface area (Å²) in [5.74, 6) is 1.28. The van der Waals surface area contributed by atoms with Crippen LogP contribution in [0.4, 0.5) is 0 Å². The molecule has 0 aliphatic carbocycles. The number of aryl methyl sites for hydroxylation is 1. The summed E-state index contributed by atoms with van der Waals surface area (Å²) in [6.45, 7) is 5.09. The van der Waals surface area contributed by atoms with Gasteiger partial charge in [-0.1, -0.05) is 30.3 Å². The summed E-state index contributed by atoms with van der Waals surface area (Å²) in [5.41, 5.74) is 3.29. The van der Waals surface area contributed by atoms with Crippen LogP contribution in [0.1, 0.15) is 35.6 Å². The quantitative estimate of drug-likeness (QED) is 0.867. The fourth-order valence-electron chi connectivity index (χ4n) is 2.64. The Kier molecular flexibility index (Phi) is 3.69. The lowest BCUT2D eigenvalue weighted by Gasteiger charge is -2.37. The van der Waals surface area contributed by atoms with Crippen molar-refractivity contribution in [2.75, 3.05) is 13.1 Å². The smallest absolute Gasteiger partial charge is 0.219 e. The third-order valence-electron chi connectivity index (χ3n) is 3.84. The van der Waals surface area contributed by atoms with Gasteiger partial charge in [0, 0.05) is 37.8 Å². The number of likely N-dealkylation sites (tertiary alicyclic amines) is 1. The van der Waals surface area contributed by atoms with Crippen LogP contribution < -0.4 is 0 Å². The second kappa shape index (κ2) is 5.64. The maximum Gasteiger partial charge on any atom is 0.219 e. The van der Waals surface area contributed by atoms with Crippen molar-refractivity contribution in [3.63, 3.8) is 0 Å². The normalized spacial score (nSPS) is 14.9. The molecule has 0 unspecified atom stereocenters. The van der Waals surface area contributed by atoms with Gasteiger partial charge in [-0.2, -0.15) is 0 Å². The van der Waals surface area contributed by atoms with Crippen LogP contribution >= 0.6 is 0 Å². The van der Waals surface area contributed by atoms with Crippen molar-refractivity contribution in [2.45, 2.75) is 26.2 Å². The molecule has 1 aliphatic heterocycles. The highest BCUT2D eigenvalue weighted by atomic mass is 16.2. The summed E-state index contributed by atoms with van der Waals surface area (Å²) in [6.07, 6.45) is 0.820. The van der Waals surface area contributed by atoms with Gasteiger partial charge in [0.2, 0.25) is 5.91 Å². The molecule has 1 saturated heterocycles. The highest BCUT2D eigenvalue weighted by Gasteiger charge is 2.32. The lowest BCUT2D eigenvalue weighted by atomic mass is 9.98. The first kappa shape index (κ1) is 13.7. The van der Waals surface area contributed by atoms with Gasteiger partial charge in [-0.15, -0.1) is 0 Å². The third kappa shape index (κ3) is 3.10. The van der Waals surface area contributed by atoms with Crippen molar-refractivity contribution in [2.24, 2.45) is 0 Å². The largest absolute Gasteiger partial charge is 0.341 e. The maximum atomic E-state index is 11.3. The Morgan fingerprint density at radius 1 is 1.24 bits per heavy atom. The van der Waals surface area contributed by atoms with E-state index in [2.05, 4.69) is 17.1 Å². The van der Waals surface area contributed by atoms with Gasteiger partial charge in [0.1, 0.15) is 5.82 Å². The van der Waals surface area contributed by atoms with Crippen LogP contribution in [0, 0.1) is 6.92 Å². The Bertz CT molecular complexity index is 648. The van der Waals surface area contributed by atoms with Gasteiger partial charge in [0.25, 0.3) is 0 Å². The lowest BCUT2D eigenvalue weighted by Crippen LogP contribution is -2.48. The predicted molar refractivity (Wildman–Crippen MR) is 81.0 cm³/mol. The Morgan fingerprint density at radius 2 is 1.95 bits per heavy atom. The van der Waals surface area contributed by atoms with Crippen LogP contribution in [0.25, 0.3) is 0 Å². The second-order valence-corrected chi connectivity index (χ2v) is 5.64.